The first-order valence-electron chi connectivity index (χ1n) is 19.9. The molecule has 1 heterocycles. The summed E-state index contributed by atoms with van der Waals surface area (Å²) in [4.78, 5) is 13.4. The lowest BCUT2D eigenvalue weighted by Crippen LogP contribution is -2.58. The average Bonchev–Trinajstić information content (AvgIpc) is 3.30. The molecule has 1 aliphatic heterocycles. The van der Waals surface area contributed by atoms with Gasteiger partial charge < -0.3 is 37.9 Å². The minimum atomic E-state index is -0.918. The molecule has 1 fully saturated rings. The molecule has 310 valence electrons. The summed E-state index contributed by atoms with van der Waals surface area (Å²) < 4.78 is 52.7. The van der Waals surface area contributed by atoms with E-state index in [4.69, 9.17) is 49.5 Å². The van der Waals surface area contributed by atoms with Crippen LogP contribution in [0.5, 0.6) is 17.2 Å². The fraction of sp³-hybridized carbons (Fsp3) is 0.260. The Morgan fingerprint density at radius 2 is 0.933 bits per heavy atom. The summed E-state index contributed by atoms with van der Waals surface area (Å²) >= 11 is 6.38. The van der Waals surface area contributed by atoms with Crippen LogP contribution in [0.1, 0.15) is 49.8 Å². The Hall–Kier alpha value is -5.52. The van der Waals surface area contributed by atoms with Crippen LogP contribution in [0.15, 0.2) is 158 Å². The molecule has 0 unspecified atom stereocenters. The van der Waals surface area contributed by atoms with Crippen LogP contribution in [0.4, 0.5) is 0 Å². The summed E-state index contributed by atoms with van der Waals surface area (Å²) in [5.41, 5.74) is 5.32. The van der Waals surface area contributed by atoms with Crippen LogP contribution in [0, 0.1) is 0 Å². The summed E-state index contributed by atoms with van der Waals surface area (Å²) in [7, 11) is 3.02. The quantitative estimate of drug-likeness (QED) is 0.0698. The maximum Gasteiger partial charge on any atom is 0.256 e. The molecule has 1 aliphatic rings. The number of halogens is 1. The highest BCUT2D eigenvalue weighted by Gasteiger charge is 2.50. The van der Waals surface area contributed by atoms with Gasteiger partial charge in [0.1, 0.15) is 37.1 Å². The van der Waals surface area contributed by atoms with Gasteiger partial charge in [-0.1, -0.05) is 152 Å². The average molecular weight is 829 g/mol. The zero-order chi connectivity index (χ0) is 41.5. The molecule has 0 saturated carbocycles. The molecule has 0 aromatic heterocycles. The van der Waals surface area contributed by atoms with Gasteiger partial charge in [-0.05, 0) is 45.5 Å². The highest BCUT2D eigenvalue weighted by molar-refractivity contribution is 6.68. The normalized spacial score (nSPS) is 18.8. The first-order chi connectivity index (χ1) is 29.5. The van der Waals surface area contributed by atoms with E-state index in [1.807, 2.05) is 152 Å². The third-order valence-corrected chi connectivity index (χ3v) is 10.5. The number of rotatable bonds is 20. The van der Waals surface area contributed by atoms with Crippen molar-refractivity contribution in [2.75, 3.05) is 20.8 Å². The van der Waals surface area contributed by atoms with Gasteiger partial charge in [0.25, 0.3) is 5.24 Å². The van der Waals surface area contributed by atoms with Crippen LogP contribution in [0.2, 0.25) is 0 Å². The topological polar surface area (TPSA) is 90.9 Å². The molecule has 1 saturated heterocycles. The van der Waals surface area contributed by atoms with Gasteiger partial charge in [0.05, 0.1) is 52.8 Å². The lowest BCUT2D eigenvalue weighted by atomic mass is 9.88. The molecule has 5 atom stereocenters. The minimum absolute atomic E-state index is 0.0757. The summed E-state index contributed by atoms with van der Waals surface area (Å²) in [6.07, 6.45) is -3.86. The van der Waals surface area contributed by atoms with Crippen molar-refractivity contribution in [1.82, 2.24) is 0 Å². The number of methoxy groups -OCH3 is 2. The molecule has 60 heavy (non-hydrogen) atoms. The van der Waals surface area contributed by atoms with Crippen LogP contribution >= 0.6 is 11.6 Å². The number of hydrogen-bond acceptors (Lipinski definition) is 9. The van der Waals surface area contributed by atoms with Gasteiger partial charge in [-0.2, -0.15) is 0 Å². The zero-order valence-corrected chi connectivity index (χ0v) is 34.4. The number of carbonyl (C=O) groups excluding carboxylic acids is 1. The molecule has 0 spiro atoms. The highest BCUT2D eigenvalue weighted by atomic mass is 35.5. The predicted octanol–water partition coefficient (Wildman–Crippen LogP) is 10.1. The van der Waals surface area contributed by atoms with E-state index < -0.39 is 35.8 Å². The Kier molecular flexibility index (Phi) is 15.4. The van der Waals surface area contributed by atoms with Crippen molar-refractivity contribution in [3.8, 4) is 17.2 Å². The third-order valence-electron chi connectivity index (χ3n) is 10.3. The minimum Gasteiger partial charge on any atom is -0.492 e. The first kappa shape index (κ1) is 42.6. The predicted molar refractivity (Wildman–Crippen MR) is 229 cm³/mol. The van der Waals surface area contributed by atoms with Crippen LogP contribution in [-0.4, -0.2) is 50.5 Å². The molecular weight excluding hydrogens is 780 g/mol. The molecule has 0 N–H and O–H groups in total. The molecule has 6 aromatic rings. The zero-order valence-electron chi connectivity index (χ0n) is 33.7. The second-order valence-corrected chi connectivity index (χ2v) is 14.7. The highest BCUT2D eigenvalue weighted by Crippen LogP contribution is 2.50. The maximum absolute atomic E-state index is 13.4. The standard InChI is InChI=1S/C50H49ClO9/c1-53-43-40(28-41(50(51)52)44(47(43)54-2)56-30-36-20-10-4-11-21-36)45-48(58-32-38-24-14-6-15-25-38)49(59-33-39-26-16-7-17-27-39)46(57-31-37-22-12-5-13-23-37)42(60-45)34-55-29-35-18-8-3-9-19-35/h3-28,42,45-46,48-49H,29-34H2,1-2H3/t42-,45+,46-,48+,49+/m1/s1. The molecule has 0 amide bonds. The SMILES string of the molecule is COc1c([C@@H]2O[C@H](COCc3ccccc3)[C@@H](OCc3ccccc3)[C@H](OCc3ccccc3)[C@H]2OCc2ccccc2)cc(C(=O)Cl)c(OCc2ccccc2)c1OC. The van der Waals surface area contributed by atoms with E-state index in [1.165, 1.54) is 14.2 Å². The Bertz CT molecular complexity index is 2210. The Morgan fingerprint density at radius 3 is 1.38 bits per heavy atom. The fourth-order valence-corrected chi connectivity index (χ4v) is 7.45. The van der Waals surface area contributed by atoms with Crippen molar-refractivity contribution in [2.24, 2.45) is 0 Å². The smallest absolute Gasteiger partial charge is 0.256 e. The fourth-order valence-electron chi connectivity index (χ4n) is 7.31. The van der Waals surface area contributed by atoms with Gasteiger partial charge in [-0.3, -0.25) is 4.79 Å². The molecule has 0 aliphatic carbocycles. The summed E-state index contributed by atoms with van der Waals surface area (Å²) in [5.74, 6) is 0.611. The number of hydrogen-bond donors (Lipinski definition) is 0. The Morgan fingerprint density at radius 1 is 0.517 bits per heavy atom. The number of carbonyl (C=O) groups is 1. The second kappa shape index (κ2) is 21.7. The van der Waals surface area contributed by atoms with E-state index >= 15 is 0 Å². The van der Waals surface area contributed by atoms with Crippen molar-refractivity contribution in [1.29, 1.82) is 0 Å². The molecule has 0 radical (unpaired) electrons. The van der Waals surface area contributed by atoms with Crippen LogP contribution in [0.25, 0.3) is 0 Å². The van der Waals surface area contributed by atoms with Crippen molar-refractivity contribution >= 4 is 16.8 Å². The van der Waals surface area contributed by atoms with Crippen molar-refractivity contribution in [3.63, 3.8) is 0 Å². The van der Waals surface area contributed by atoms with Crippen LogP contribution in [-0.2, 0) is 56.7 Å². The molecule has 10 heteroatoms. The summed E-state index contributed by atoms with van der Waals surface area (Å²) in [6, 6.07) is 50.9. The lowest BCUT2D eigenvalue weighted by Gasteiger charge is -2.46. The molecular formula is C50H49ClO9. The van der Waals surface area contributed by atoms with E-state index in [2.05, 4.69) is 0 Å². The molecule has 9 nitrogen and oxygen atoms in total. The van der Waals surface area contributed by atoms with Gasteiger partial charge in [0, 0.05) is 5.56 Å². The molecule has 7 rings (SSSR count). The lowest BCUT2D eigenvalue weighted by molar-refractivity contribution is -0.275. The summed E-state index contributed by atoms with van der Waals surface area (Å²) in [6.45, 7) is 1.38. The van der Waals surface area contributed by atoms with Gasteiger partial charge >= 0.3 is 0 Å². The van der Waals surface area contributed by atoms with E-state index in [-0.39, 0.29) is 55.8 Å². The number of benzene rings is 6. The van der Waals surface area contributed by atoms with Crippen molar-refractivity contribution < 1.29 is 42.7 Å². The maximum atomic E-state index is 13.4. The van der Waals surface area contributed by atoms with E-state index in [0.717, 1.165) is 27.8 Å². The Labute approximate surface area is 356 Å². The summed E-state index contributed by atoms with van der Waals surface area (Å²) in [5, 5.41) is -0.749. The van der Waals surface area contributed by atoms with Gasteiger partial charge in [-0.25, -0.2) is 0 Å². The number of ether oxygens (including phenoxy) is 8. The van der Waals surface area contributed by atoms with Gasteiger partial charge in [0.2, 0.25) is 5.75 Å². The van der Waals surface area contributed by atoms with Crippen molar-refractivity contribution in [2.45, 2.75) is 63.6 Å². The van der Waals surface area contributed by atoms with Gasteiger partial charge in [-0.15, -0.1) is 0 Å². The van der Waals surface area contributed by atoms with E-state index in [9.17, 15) is 4.79 Å². The Balaban J connectivity index is 1.34. The van der Waals surface area contributed by atoms with Crippen LogP contribution in [0.3, 0.4) is 0 Å². The first-order valence-corrected chi connectivity index (χ1v) is 20.3. The largest absolute Gasteiger partial charge is 0.492 e. The van der Waals surface area contributed by atoms with Crippen molar-refractivity contribution in [3.05, 3.63) is 197 Å². The molecule has 0 bridgehead atoms. The third kappa shape index (κ3) is 11.0. The van der Waals surface area contributed by atoms with Crippen LogP contribution < -0.4 is 14.2 Å². The monoisotopic (exact) mass is 828 g/mol. The van der Waals surface area contributed by atoms with Gasteiger partial charge in [0.15, 0.2) is 11.5 Å². The van der Waals surface area contributed by atoms with E-state index in [1.54, 1.807) is 6.07 Å². The van der Waals surface area contributed by atoms with E-state index in [0.29, 0.717) is 12.2 Å². The molecule has 6 aromatic carbocycles. The second-order valence-electron chi connectivity index (χ2n) is 14.3.